The fourth-order valence-corrected chi connectivity index (χ4v) is 2.03. The van der Waals surface area contributed by atoms with Crippen molar-refractivity contribution >= 4 is 17.8 Å². The number of hydrogen-bond acceptors (Lipinski definition) is 4. The average molecular weight is 279 g/mol. The quantitative estimate of drug-likeness (QED) is 0.710. The molecule has 0 bridgehead atoms. The molecule has 0 aromatic heterocycles. The summed E-state index contributed by atoms with van der Waals surface area (Å²) in [4.78, 5) is 33.6. The number of carbonyl (C=O) groups is 3. The molecule has 0 saturated carbocycles. The fourth-order valence-electron chi connectivity index (χ4n) is 2.03. The summed E-state index contributed by atoms with van der Waals surface area (Å²) in [6, 6.07) is 5.50. The van der Waals surface area contributed by atoms with Gasteiger partial charge in [-0.15, -0.1) is 0 Å². The van der Waals surface area contributed by atoms with Gasteiger partial charge in [-0.05, 0) is 6.07 Å². The van der Waals surface area contributed by atoms with Crippen LogP contribution < -0.4 is 10.1 Å². The first-order valence-electron chi connectivity index (χ1n) is 5.95. The van der Waals surface area contributed by atoms with Gasteiger partial charge >= 0.3 is 11.9 Å². The Kier molecular flexibility index (Phi) is 3.88. The highest BCUT2D eigenvalue weighted by Crippen LogP contribution is 2.33. The van der Waals surface area contributed by atoms with Crippen LogP contribution in [0.15, 0.2) is 24.3 Å². The van der Waals surface area contributed by atoms with Gasteiger partial charge in [-0.1, -0.05) is 18.2 Å². The largest absolute Gasteiger partial charge is 0.492 e. The number of fused-ring (bicyclic) bond motifs is 1. The lowest BCUT2D eigenvalue weighted by Gasteiger charge is -2.15. The predicted octanol–water partition coefficient (Wildman–Crippen LogP) is 0.207. The van der Waals surface area contributed by atoms with Crippen LogP contribution in [-0.2, 0) is 14.4 Å². The van der Waals surface area contributed by atoms with Gasteiger partial charge in [0.15, 0.2) is 0 Å². The van der Waals surface area contributed by atoms with Crippen molar-refractivity contribution in [2.75, 3.05) is 6.61 Å². The summed E-state index contributed by atoms with van der Waals surface area (Å²) >= 11 is 0. The van der Waals surface area contributed by atoms with Crippen molar-refractivity contribution in [1.29, 1.82) is 0 Å². The van der Waals surface area contributed by atoms with Gasteiger partial charge in [-0.2, -0.15) is 0 Å². The number of carboxylic acids is 2. The van der Waals surface area contributed by atoms with E-state index in [4.69, 9.17) is 14.9 Å². The summed E-state index contributed by atoms with van der Waals surface area (Å²) in [6.45, 7) is 0.116. The number of aliphatic carboxylic acids is 2. The molecule has 20 heavy (non-hydrogen) atoms. The molecule has 106 valence electrons. The Balaban J connectivity index is 2.09. The monoisotopic (exact) mass is 279 g/mol. The highest BCUT2D eigenvalue weighted by Gasteiger charge is 2.33. The van der Waals surface area contributed by atoms with Gasteiger partial charge in [0.05, 0.1) is 6.42 Å². The standard InChI is InChI=1S/C13H13NO6/c15-11(16)5-9(13(18)19)14-12(17)8-6-20-10-4-2-1-3-7(8)10/h1-4,8-9H,5-6H2,(H,14,17)(H,15,16)(H,18,19). The molecule has 0 radical (unpaired) electrons. The second-order valence-electron chi connectivity index (χ2n) is 4.40. The molecule has 2 unspecified atom stereocenters. The van der Waals surface area contributed by atoms with Crippen LogP contribution in [-0.4, -0.2) is 40.7 Å². The topological polar surface area (TPSA) is 113 Å². The second kappa shape index (κ2) is 5.60. The van der Waals surface area contributed by atoms with Gasteiger partial charge in [0, 0.05) is 5.56 Å². The molecule has 1 aliphatic heterocycles. The van der Waals surface area contributed by atoms with Crippen LogP contribution in [0.25, 0.3) is 0 Å². The maximum absolute atomic E-state index is 12.1. The number of ether oxygens (including phenoxy) is 1. The number of nitrogens with one attached hydrogen (secondary N) is 1. The molecule has 2 atom stereocenters. The molecule has 1 aromatic carbocycles. The highest BCUT2D eigenvalue weighted by molar-refractivity contribution is 5.91. The summed E-state index contributed by atoms with van der Waals surface area (Å²) in [5.74, 6) is -3.27. The van der Waals surface area contributed by atoms with Crippen LogP contribution in [0, 0.1) is 0 Å². The Labute approximate surface area is 114 Å². The Morgan fingerprint density at radius 1 is 1.30 bits per heavy atom. The first-order chi connectivity index (χ1) is 9.49. The lowest BCUT2D eigenvalue weighted by molar-refractivity contribution is -0.147. The van der Waals surface area contributed by atoms with Gasteiger partial charge in [0.25, 0.3) is 0 Å². The number of carbonyl (C=O) groups excluding carboxylic acids is 1. The summed E-state index contributed by atoms with van der Waals surface area (Å²) in [5, 5.41) is 19.8. The average Bonchev–Trinajstić information content (AvgIpc) is 2.81. The van der Waals surface area contributed by atoms with Crippen LogP contribution in [0.1, 0.15) is 17.9 Å². The first kappa shape index (κ1) is 13.9. The van der Waals surface area contributed by atoms with Gasteiger partial charge in [0.2, 0.25) is 5.91 Å². The molecule has 0 spiro atoms. The maximum atomic E-state index is 12.1. The van der Waals surface area contributed by atoms with Crippen LogP contribution in [0.3, 0.4) is 0 Å². The van der Waals surface area contributed by atoms with E-state index in [1.54, 1.807) is 24.3 Å². The lowest BCUT2D eigenvalue weighted by Crippen LogP contribution is -2.44. The third-order valence-corrected chi connectivity index (χ3v) is 3.01. The molecular weight excluding hydrogens is 266 g/mol. The van der Waals surface area contributed by atoms with Crippen molar-refractivity contribution in [3.8, 4) is 5.75 Å². The van der Waals surface area contributed by atoms with Crippen molar-refractivity contribution in [2.45, 2.75) is 18.4 Å². The Bertz CT molecular complexity index is 556. The fraction of sp³-hybridized carbons (Fsp3) is 0.308. The molecule has 2 rings (SSSR count). The van der Waals surface area contributed by atoms with Gasteiger partial charge < -0.3 is 20.3 Å². The Hall–Kier alpha value is -2.57. The second-order valence-corrected chi connectivity index (χ2v) is 4.40. The molecule has 1 aliphatic rings. The van der Waals surface area contributed by atoms with Gasteiger partial charge in [-0.25, -0.2) is 4.79 Å². The predicted molar refractivity (Wildman–Crippen MR) is 66.5 cm³/mol. The molecule has 0 fully saturated rings. The zero-order chi connectivity index (χ0) is 14.7. The number of amides is 1. The highest BCUT2D eigenvalue weighted by atomic mass is 16.5. The first-order valence-corrected chi connectivity index (χ1v) is 5.95. The maximum Gasteiger partial charge on any atom is 0.326 e. The number of para-hydroxylation sites is 1. The van der Waals surface area contributed by atoms with Gasteiger partial charge in [0.1, 0.15) is 24.3 Å². The number of hydrogen-bond donors (Lipinski definition) is 3. The van der Waals surface area contributed by atoms with E-state index in [0.717, 1.165) is 0 Å². The normalized spacial score (nSPS) is 17.7. The zero-order valence-electron chi connectivity index (χ0n) is 10.4. The minimum absolute atomic E-state index is 0.116. The van der Waals surface area contributed by atoms with Crippen LogP contribution >= 0.6 is 0 Å². The van der Waals surface area contributed by atoms with Crippen LogP contribution in [0.2, 0.25) is 0 Å². The van der Waals surface area contributed by atoms with E-state index in [1.165, 1.54) is 0 Å². The number of carboxylic acid groups (broad SMARTS) is 2. The third kappa shape index (κ3) is 2.87. The van der Waals surface area contributed by atoms with Crippen molar-refractivity contribution in [2.24, 2.45) is 0 Å². The summed E-state index contributed by atoms with van der Waals surface area (Å²) < 4.78 is 5.33. The summed E-state index contributed by atoms with van der Waals surface area (Å²) in [7, 11) is 0. The molecule has 0 saturated heterocycles. The number of rotatable bonds is 5. The van der Waals surface area contributed by atoms with Crippen molar-refractivity contribution in [3.05, 3.63) is 29.8 Å². The van der Waals surface area contributed by atoms with Crippen molar-refractivity contribution in [3.63, 3.8) is 0 Å². The van der Waals surface area contributed by atoms with E-state index in [0.29, 0.717) is 11.3 Å². The third-order valence-electron chi connectivity index (χ3n) is 3.01. The SMILES string of the molecule is O=C(O)CC(NC(=O)C1COc2ccccc21)C(=O)O. The molecule has 7 heteroatoms. The van der Waals surface area contributed by atoms with E-state index in [-0.39, 0.29) is 6.61 Å². The van der Waals surface area contributed by atoms with Crippen molar-refractivity contribution in [1.82, 2.24) is 5.32 Å². The minimum Gasteiger partial charge on any atom is -0.492 e. The summed E-state index contributed by atoms with van der Waals surface area (Å²) in [5.41, 5.74) is 0.671. The minimum atomic E-state index is -1.45. The smallest absolute Gasteiger partial charge is 0.326 e. The molecule has 1 aromatic rings. The lowest BCUT2D eigenvalue weighted by atomic mass is 10.00. The van der Waals surface area contributed by atoms with E-state index in [9.17, 15) is 14.4 Å². The molecule has 0 aliphatic carbocycles. The van der Waals surface area contributed by atoms with Crippen LogP contribution in [0.5, 0.6) is 5.75 Å². The molecular formula is C13H13NO6. The number of benzene rings is 1. The Morgan fingerprint density at radius 3 is 2.65 bits per heavy atom. The molecule has 7 nitrogen and oxygen atoms in total. The molecule has 1 heterocycles. The van der Waals surface area contributed by atoms with Crippen LogP contribution in [0.4, 0.5) is 0 Å². The summed E-state index contributed by atoms with van der Waals surface area (Å²) in [6.07, 6.45) is -0.670. The van der Waals surface area contributed by atoms with E-state index >= 15 is 0 Å². The Morgan fingerprint density at radius 2 is 2.00 bits per heavy atom. The molecule has 1 amide bonds. The zero-order valence-corrected chi connectivity index (χ0v) is 10.4. The van der Waals surface area contributed by atoms with Crippen molar-refractivity contribution < 1.29 is 29.3 Å². The van der Waals surface area contributed by atoms with E-state index in [1.807, 2.05) is 0 Å². The van der Waals surface area contributed by atoms with Gasteiger partial charge in [-0.3, -0.25) is 9.59 Å². The van der Waals surface area contributed by atoms with E-state index in [2.05, 4.69) is 5.32 Å². The molecule has 3 N–H and O–H groups in total. The van der Waals surface area contributed by atoms with E-state index < -0.39 is 36.2 Å².